The van der Waals surface area contributed by atoms with Gasteiger partial charge in [-0.3, -0.25) is 19.1 Å². The lowest BCUT2D eigenvalue weighted by Crippen LogP contribution is -2.60. The summed E-state index contributed by atoms with van der Waals surface area (Å²) in [6.45, 7) is 9.18. The lowest BCUT2D eigenvalue weighted by Gasteiger charge is -2.35. The Bertz CT molecular complexity index is 1960. The Hall–Kier alpha value is -4.47. The van der Waals surface area contributed by atoms with Crippen molar-refractivity contribution in [1.29, 1.82) is 0 Å². The molecule has 7 rings (SSSR count). The van der Waals surface area contributed by atoms with E-state index in [-0.39, 0.29) is 31.4 Å². The fraction of sp³-hybridized carbons (Fsp3) is 0.632. The topological polar surface area (TPSA) is 195 Å². The third kappa shape index (κ3) is 7.85. The van der Waals surface area contributed by atoms with E-state index in [4.69, 9.17) is 24.2 Å². The number of methoxy groups -OCH3 is 1. The van der Waals surface area contributed by atoms with Crippen molar-refractivity contribution in [2.24, 2.45) is 17.3 Å². The number of amides is 4. The Kier molecular flexibility index (Phi) is 10.0. The van der Waals surface area contributed by atoms with Gasteiger partial charge in [-0.05, 0) is 68.4 Å². The van der Waals surface area contributed by atoms with Crippen LogP contribution in [0.1, 0.15) is 84.3 Å². The van der Waals surface area contributed by atoms with Crippen LogP contribution in [0.3, 0.4) is 0 Å². The maximum atomic E-state index is 14.6. The van der Waals surface area contributed by atoms with Crippen molar-refractivity contribution in [2.45, 2.75) is 120 Å². The zero-order valence-electron chi connectivity index (χ0n) is 31.3. The molecule has 1 aromatic heterocycles. The molecular weight excluding hydrogens is 717 g/mol. The molecule has 2 bridgehead atoms. The lowest BCUT2D eigenvalue weighted by molar-refractivity contribution is -0.142. The maximum absolute atomic E-state index is 14.6. The summed E-state index contributed by atoms with van der Waals surface area (Å²) in [5, 5.41) is 4.96. The highest BCUT2D eigenvalue weighted by Gasteiger charge is 2.62. The third-order valence-corrected chi connectivity index (χ3v) is 13.1. The van der Waals surface area contributed by atoms with Crippen LogP contribution in [0, 0.1) is 17.3 Å². The number of hydrogen-bond donors (Lipinski definition) is 3. The van der Waals surface area contributed by atoms with Gasteiger partial charge in [0.15, 0.2) is 0 Å². The van der Waals surface area contributed by atoms with E-state index in [1.54, 1.807) is 13.2 Å². The molecule has 15 nitrogen and oxygen atoms in total. The van der Waals surface area contributed by atoms with Gasteiger partial charge in [-0.1, -0.05) is 39.7 Å². The summed E-state index contributed by atoms with van der Waals surface area (Å²) in [5.74, 6) is -1.39. The molecule has 4 fully saturated rings. The van der Waals surface area contributed by atoms with Crippen LogP contribution in [0.15, 0.2) is 30.9 Å². The van der Waals surface area contributed by atoms with Crippen molar-refractivity contribution in [2.75, 3.05) is 13.7 Å². The Balaban J connectivity index is 1.22. The molecule has 7 atom stereocenters. The summed E-state index contributed by atoms with van der Waals surface area (Å²) in [5.41, 5.74) is -0.451. The van der Waals surface area contributed by atoms with Crippen molar-refractivity contribution in [3.63, 3.8) is 0 Å². The lowest BCUT2D eigenvalue weighted by atomic mass is 9.85. The molecule has 2 aromatic rings. The standard InChI is InChI=1S/C38H50N6O9S/c1-6-22-19-38(22,35(47)43-54(49,50)25-13-14-25)42-32(45)29-18-24-20-44(29)34(46)31(37(2,3)4)41-36(48)53-30-16-21(30)10-8-7-9-11-27-33(52-24)40-28-17-23(51-5)12-15-26(28)39-27/h6,12,15,17,21-22,24-25,29-31H,1,7-11,13-14,16,18-20H2,2-5H3,(H,41,48)(H,42,45)(H,43,47)/t21?,22-,24-,29?,30-,31?,38-/m1/s1. The molecule has 292 valence electrons. The molecule has 1 aromatic carbocycles. The van der Waals surface area contributed by atoms with Crippen LogP contribution in [0.2, 0.25) is 0 Å². The Morgan fingerprint density at radius 2 is 1.85 bits per heavy atom. The van der Waals surface area contributed by atoms with E-state index in [0.29, 0.717) is 47.6 Å². The van der Waals surface area contributed by atoms with Gasteiger partial charge in [0.05, 0.1) is 29.9 Å². The fourth-order valence-corrected chi connectivity index (χ4v) is 9.00. The van der Waals surface area contributed by atoms with Gasteiger partial charge in [0.25, 0.3) is 5.91 Å². The number of alkyl carbamates (subject to hydrolysis) is 1. The number of aryl methyl sites for hydroxylation is 1. The third-order valence-electron chi connectivity index (χ3n) is 11.3. The average Bonchev–Trinajstić information content (AvgIpc) is 4.04. The van der Waals surface area contributed by atoms with Crippen LogP contribution < -0.4 is 24.8 Å². The first-order chi connectivity index (χ1) is 25.6. The second-order valence-electron chi connectivity index (χ2n) is 16.5. The summed E-state index contributed by atoms with van der Waals surface area (Å²) in [6, 6.07) is 3.20. The minimum atomic E-state index is -3.90. The molecule has 0 spiro atoms. The van der Waals surface area contributed by atoms with Gasteiger partial charge < -0.3 is 29.7 Å². The Morgan fingerprint density at radius 1 is 1.07 bits per heavy atom. The second kappa shape index (κ2) is 14.3. The van der Waals surface area contributed by atoms with Crippen molar-refractivity contribution >= 4 is 44.9 Å². The number of fused-ring (bicyclic) bond motifs is 5. The van der Waals surface area contributed by atoms with E-state index in [2.05, 4.69) is 21.9 Å². The second-order valence-corrected chi connectivity index (χ2v) is 18.4. The van der Waals surface area contributed by atoms with E-state index in [0.717, 1.165) is 32.1 Å². The molecular formula is C38H50N6O9S. The SMILES string of the molecule is C=C[C@@H]1C[C@]1(NC(=O)C1C[C@@H]2CN1C(=O)C(C(C)(C)C)NC(=O)O[C@@H]1CC1CCCCCc1nc3ccc(OC)cc3nc1O2)C(=O)NS(=O)(=O)C1CC1. The van der Waals surface area contributed by atoms with Crippen LogP contribution in [-0.4, -0.2) is 95.8 Å². The maximum Gasteiger partial charge on any atom is 0.408 e. The molecule has 0 radical (unpaired) electrons. The smallest absolute Gasteiger partial charge is 0.408 e. The highest BCUT2D eigenvalue weighted by molar-refractivity contribution is 7.91. The number of ether oxygens (including phenoxy) is 3. The first kappa shape index (κ1) is 37.8. The number of nitrogens with zero attached hydrogens (tertiary/aromatic N) is 3. The van der Waals surface area contributed by atoms with E-state index in [9.17, 15) is 27.6 Å². The molecule has 54 heavy (non-hydrogen) atoms. The highest BCUT2D eigenvalue weighted by atomic mass is 32.2. The number of aromatic nitrogens is 2. The van der Waals surface area contributed by atoms with Gasteiger partial charge in [0.1, 0.15) is 41.3 Å². The van der Waals surface area contributed by atoms with Gasteiger partial charge in [-0.2, -0.15) is 0 Å². The fourth-order valence-electron chi connectivity index (χ4n) is 7.64. The molecule has 3 aliphatic carbocycles. The number of rotatable bonds is 7. The Labute approximate surface area is 315 Å². The van der Waals surface area contributed by atoms with Crippen molar-refractivity contribution in [3.8, 4) is 11.6 Å². The van der Waals surface area contributed by atoms with Gasteiger partial charge in [-0.15, -0.1) is 6.58 Å². The molecule has 16 heteroatoms. The highest BCUT2D eigenvalue weighted by Crippen LogP contribution is 2.46. The summed E-state index contributed by atoms with van der Waals surface area (Å²) < 4.78 is 45.3. The molecule has 3 N–H and O–H groups in total. The first-order valence-electron chi connectivity index (χ1n) is 18.9. The number of hydrogen-bond acceptors (Lipinski definition) is 11. The molecule has 4 amide bonds. The zero-order valence-corrected chi connectivity index (χ0v) is 32.1. The van der Waals surface area contributed by atoms with E-state index < -0.39 is 74.1 Å². The number of carbonyl (C=O) groups is 4. The van der Waals surface area contributed by atoms with Crippen LogP contribution in [0.4, 0.5) is 4.79 Å². The predicted molar refractivity (Wildman–Crippen MR) is 197 cm³/mol. The van der Waals surface area contributed by atoms with Crippen LogP contribution in [0.25, 0.3) is 11.0 Å². The van der Waals surface area contributed by atoms with Gasteiger partial charge >= 0.3 is 6.09 Å². The van der Waals surface area contributed by atoms with Crippen LogP contribution >= 0.6 is 0 Å². The molecule has 3 saturated carbocycles. The van der Waals surface area contributed by atoms with E-state index in [1.165, 1.54) is 11.0 Å². The van der Waals surface area contributed by atoms with Gasteiger partial charge in [0, 0.05) is 18.4 Å². The first-order valence-corrected chi connectivity index (χ1v) is 20.5. The average molecular weight is 767 g/mol. The van der Waals surface area contributed by atoms with Crippen molar-refractivity contribution < 1.29 is 41.8 Å². The molecule has 3 unspecified atom stereocenters. The zero-order chi connectivity index (χ0) is 38.6. The summed E-state index contributed by atoms with van der Waals surface area (Å²) >= 11 is 0. The summed E-state index contributed by atoms with van der Waals surface area (Å²) in [4.78, 5) is 66.8. The molecule has 1 saturated heterocycles. The van der Waals surface area contributed by atoms with Crippen molar-refractivity contribution in [3.05, 3.63) is 36.5 Å². The molecule has 5 aliphatic rings. The summed E-state index contributed by atoms with van der Waals surface area (Å²) in [6.07, 6.45) is 5.93. The Morgan fingerprint density at radius 3 is 2.54 bits per heavy atom. The van der Waals surface area contributed by atoms with Gasteiger partial charge in [-0.25, -0.2) is 23.2 Å². The van der Waals surface area contributed by atoms with Crippen LogP contribution in [0.5, 0.6) is 11.6 Å². The molecule has 2 aliphatic heterocycles. The largest absolute Gasteiger partial charge is 0.497 e. The van der Waals surface area contributed by atoms with Gasteiger partial charge in [0.2, 0.25) is 27.7 Å². The molecule has 3 heterocycles. The van der Waals surface area contributed by atoms with Crippen LogP contribution in [-0.2, 0) is 35.6 Å². The minimum absolute atomic E-state index is 0.0245. The minimum Gasteiger partial charge on any atom is -0.497 e. The quantitative estimate of drug-likeness (QED) is 0.350. The normalized spacial score (nSPS) is 30.3. The van der Waals surface area contributed by atoms with Crippen molar-refractivity contribution in [1.82, 2.24) is 30.2 Å². The number of benzene rings is 1. The predicted octanol–water partition coefficient (Wildman–Crippen LogP) is 3.30. The number of sulfonamides is 1. The van der Waals surface area contributed by atoms with E-state index in [1.807, 2.05) is 32.9 Å². The van der Waals surface area contributed by atoms with E-state index >= 15 is 0 Å². The number of nitrogens with one attached hydrogen (secondary N) is 3. The number of carbonyl (C=O) groups excluding carboxylic acids is 4. The monoisotopic (exact) mass is 766 g/mol. The summed E-state index contributed by atoms with van der Waals surface area (Å²) in [7, 11) is -2.33.